The van der Waals surface area contributed by atoms with Crippen LogP contribution >= 0.6 is 0 Å². The standard InChI is InChI=1S/C25H31N3O3/c1-17-7-10-20(15-18(17)2)26-22(29)16-28-24(30)23(19-8-11-21(31-3)12-9-19)27-25(28)13-5-4-6-14-25/h7-12,15,23,27H,4-6,13-14,16H2,1-3H3,(H,26,29). The molecule has 0 bridgehead atoms. The van der Waals surface area contributed by atoms with Crippen LogP contribution in [-0.2, 0) is 9.59 Å². The molecule has 1 aliphatic heterocycles. The van der Waals surface area contributed by atoms with Gasteiger partial charge in [0.25, 0.3) is 0 Å². The zero-order valence-electron chi connectivity index (χ0n) is 18.5. The van der Waals surface area contributed by atoms with E-state index in [1.54, 1.807) is 12.0 Å². The fourth-order valence-electron chi connectivity index (χ4n) is 4.74. The van der Waals surface area contributed by atoms with Crippen LogP contribution in [0.1, 0.15) is 54.8 Å². The maximum absolute atomic E-state index is 13.5. The first-order valence-corrected chi connectivity index (χ1v) is 11.0. The van der Waals surface area contributed by atoms with Gasteiger partial charge in [0.05, 0.1) is 12.8 Å². The van der Waals surface area contributed by atoms with Gasteiger partial charge in [0.1, 0.15) is 18.3 Å². The van der Waals surface area contributed by atoms with Crippen LogP contribution in [0.15, 0.2) is 42.5 Å². The predicted molar refractivity (Wildman–Crippen MR) is 121 cm³/mol. The van der Waals surface area contributed by atoms with Crippen molar-refractivity contribution in [3.05, 3.63) is 59.2 Å². The van der Waals surface area contributed by atoms with Crippen molar-refractivity contribution >= 4 is 17.5 Å². The first-order chi connectivity index (χ1) is 14.9. The van der Waals surface area contributed by atoms with Gasteiger partial charge >= 0.3 is 0 Å². The number of ether oxygens (including phenoxy) is 1. The molecule has 31 heavy (non-hydrogen) atoms. The zero-order valence-corrected chi connectivity index (χ0v) is 18.5. The van der Waals surface area contributed by atoms with E-state index in [2.05, 4.69) is 10.6 Å². The summed E-state index contributed by atoms with van der Waals surface area (Å²) in [5.41, 5.74) is 3.51. The van der Waals surface area contributed by atoms with Crippen molar-refractivity contribution in [2.24, 2.45) is 0 Å². The molecular formula is C25H31N3O3. The molecule has 1 heterocycles. The van der Waals surface area contributed by atoms with Crippen molar-refractivity contribution in [2.45, 2.75) is 57.7 Å². The number of benzene rings is 2. The molecule has 4 rings (SSSR count). The highest BCUT2D eigenvalue weighted by Gasteiger charge is 2.51. The van der Waals surface area contributed by atoms with Gasteiger partial charge in [-0.2, -0.15) is 0 Å². The second kappa shape index (κ2) is 8.71. The Hall–Kier alpha value is -2.86. The molecule has 1 atom stereocenters. The van der Waals surface area contributed by atoms with E-state index in [0.29, 0.717) is 0 Å². The summed E-state index contributed by atoms with van der Waals surface area (Å²) in [4.78, 5) is 28.2. The normalized spacial score (nSPS) is 20.2. The number of rotatable bonds is 5. The molecule has 164 valence electrons. The summed E-state index contributed by atoms with van der Waals surface area (Å²) in [6.45, 7) is 4.11. The number of amides is 2. The Morgan fingerprint density at radius 1 is 1.10 bits per heavy atom. The molecule has 2 fully saturated rings. The Labute approximate surface area is 184 Å². The SMILES string of the molecule is COc1ccc(C2NC3(CCCCC3)N(CC(=O)Nc3ccc(C)c(C)c3)C2=O)cc1. The molecule has 2 aliphatic rings. The van der Waals surface area contributed by atoms with Gasteiger partial charge in [-0.1, -0.05) is 24.6 Å². The van der Waals surface area contributed by atoms with Crippen LogP contribution in [0.5, 0.6) is 5.75 Å². The lowest BCUT2D eigenvalue weighted by Crippen LogP contribution is -2.55. The molecule has 6 heteroatoms. The number of nitrogens with one attached hydrogen (secondary N) is 2. The Balaban J connectivity index is 1.55. The van der Waals surface area contributed by atoms with Gasteiger partial charge in [0, 0.05) is 5.69 Å². The summed E-state index contributed by atoms with van der Waals surface area (Å²) in [6, 6.07) is 13.0. The number of methoxy groups -OCH3 is 1. The monoisotopic (exact) mass is 421 g/mol. The van der Waals surface area contributed by atoms with Crippen molar-refractivity contribution in [3.8, 4) is 5.75 Å². The summed E-state index contributed by atoms with van der Waals surface area (Å²) < 4.78 is 5.25. The fraction of sp³-hybridized carbons (Fsp3) is 0.440. The number of carbonyl (C=O) groups is 2. The van der Waals surface area contributed by atoms with Gasteiger partial charge in [-0.15, -0.1) is 0 Å². The van der Waals surface area contributed by atoms with E-state index < -0.39 is 11.7 Å². The average Bonchev–Trinajstić information content (AvgIpc) is 3.03. The van der Waals surface area contributed by atoms with Crippen LogP contribution in [-0.4, -0.2) is 36.0 Å². The van der Waals surface area contributed by atoms with E-state index in [1.807, 2.05) is 56.3 Å². The molecule has 6 nitrogen and oxygen atoms in total. The van der Waals surface area contributed by atoms with E-state index in [1.165, 1.54) is 5.56 Å². The first kappa shape index (κ1) is 21.4. The minimum atomic E-state index is -0.458. The average molecular weight is 422 g/mol. The highest BCUT2D eigenvalue weighted by Crippen LogP contribution is 2.40. The van der Waals surface area contributed by atoms with Crippen LogP contribution in [0.4, 0.5) is 5.69 Å². The van der Waals surface area contributed by atoms with Crippen LogP contribution < -0.4 is 15.4 Å². The van der Waals surface area contributed by atoms with Crippen LogP contribution in [0, 0.1) is 13.8 Å². The third-order valence-corrected chi connectivity index (χ3v) is 6.66. The molecule has 2 aromatic rings. The first-order valence-electron chi connectivity index (χ1n) is 11.0. The van der Waals surface area contributed by atoms with E-state index in [4.69, 9.17) is 4.74 Å². The highest BCUT2D eigenvalue weighted by molar-refractivity contribution is 5.96. The van der Waals surface area contributed by atoms with Crippen LogP contribution in [0.2, 0.25) is 0 Å². The molecule has 2 N–H and O–H groups in total. The number of nitrogens with zero attached hydrogens (tertiary/aromatic N) is 1. The summed E-state index contributed by atoms with van der Waals surface area (Å²) in [6.07, 6.45) is 4.98. The summed E-state index contributed by atoms with van der Waals surface area (Å²) in [5.74, 6) is 0.548. The lowest BCUT2D eigenvalue weighted by Gasteiger charge is -2.41. The third-order valence-electron chi connectivity index (χ3n) is 6.66. The second-order valence-corrected chi connectivity index (χ2v) is 8.71. The largest absolute Gasteiger partial charge is 0.497 e. The van der Waals surface area contributed by atoms with Gasteiger partial charge < -0.3 is 15.0 Å². The van der Waals surface area contributed by atoms with E-state index in [0.717, 1.165) is 54.7 Å². The van der Waals surface area contributed by atoms with Gasteiger partial charge in [0.2, 0.25) is 11.8 Å². The van der Waals surface area contributed by atoms with Crippen molar-refractivity contribution in [3.63, 3.8) is 0 Å². The molecular weight excluding hydrogens is 390 g/mol. The molecule has 2 aromatic carbocycles. The highest BCUT2D eigenvalue weighted by atomic mass is 16.5. The third kappa shape index (κ3) is 4.30. The van der Waals surface area contributed by atoms with Crippen molar-refractivity contribution in [2.75, 3.05) is 19.0 Å². The molecule has 1 unspecified atom stereocenters. The molecule has 2 amide bonds. The Kier molecular flexibility index (Phi) is 6.01. The summed E-state index contributed by atoms with van der Waals surface area (Å²) in [5, 5.41) is 6.57. The number of hydrogen-bond acceptors (Lipinski definition) is 4. The topological polar surface area (TPSA) is 70.7 Å². The van der Waals surface area contributed by atoms with Gasteiger partial charge in [-0.05, 0) is 80.5 Å². The zero-order chi connectivity index (χ0) is 22.0. The Bertz CT molecular complexity index is 964. The smallest absolute Gasteiger partial charge is 0.246 e. The lowest BCUT2D eigenvalue weighted by molar-refractivity contribution is -0.137. The summed E-state index contributed by atoms with van der Waals surface area (Å²) in [7, 11) is 1.63. The van der Waals surface area contributed by atoms with Crippen molar-refractivity contribution in [1.82, 2.24) is 10.2 Å². The molecule has 0 radical (unpaired) electrons. The lowest BCUT2D eigenvalue weighted by atomic mass is 9.88. The van der Waals surface area contributed by atoms with Crippen LogP contribution in [0.25, 0.3) is 0 Å². The summed E-state index contributed by atoms with van der Waals surface area (Å²) >= 11 is 0. The number of carbonyl (C=O) groups excluding carboxylic acids is 2. The van der Waals surface area contributed by atoms with Gasteiger partial charge in [-0.3, -0.25) is 14.9 Å². The minimum absolute atomic E-state index is 0.0395. The molecule has 1 aliphatic carbocycles. The quantitative estimate of drug-likeness (QED) is 0.763. The number of anilines is 1. The predicted octanol–water partition coefficient (Wildman–Crippen LogP) is 4.08. The maximum Gasteiger partial charge on any atom is 0.246 e. The van der Waals surface area contributed by atoms with Gasteiger partial charge in [0.15, 0.2) is 0 Å². The Morgan fingerprint density at radius 3 is 2.45 bits per heavy atom. The molecule has 1 saturated carbocycles. The van der Waals surface area contributed by atoms with Gasteiger partial charge in [-0.25, -0.2) is 0 Å². The number of hydrogen-bond donors (Lipinski definition) is 2. The molecule has 1 spiro atoms. The fourth-order valence-corrected chi connectivity index (χ4v) is 4.74. The van der Waals surface area contributed by atoms with E-state index >= 15 is 0 Å². The number of aryl methyl sites for hydroxylation is 2. The van der Waals surface area contributed by atoms with Crippen molar-refractivity contribution in [1.29, 1.82) is 0 Å². The van der Waals surface area contributed by atoms with E-state index in [-0.39, 0.29) is 18.4 Å². The maximum atomic E-state index is 13.5. The van der Waals surface area contributed by atoms with Crippen molar-refractivity contribution < 1.29 is 14.3 Å². The molecule has 1 saturated heterocycles. The van der Waals surface area contributed by atoms with E-state index in [9.17, 15) is 9.59 Å². The molecule has 0 aromatic heterocycles. The minimum Gasteiger partial charge on any atom is -0.497 e. The Morgan fingerprint density at radius 2 is 1.81 bits per heavy atom. The second-order valence-electron chi connectivity index (χ2n) is 8.71. The van der Waals surface area contributed by atoms with Crippen LogP contribution in [0.3, 0.4) is 0 Å².